The third kappa shape index (κ3) is 8.19. The summed E-state index contributed by atoms with van der Waals surface area (Å²) in [7, 11) is 0. The molecule has 0 aliphatic carbocycles. The van der Waals surface area contributed by atoms with E-state index in [0.717, 1.165) is 6.42 Å². The van der Waals surface area contributed by atoms with Crippen molar-refractivity contribution in [3.63, 3.8) is 0 Å². The zero-order valence-corrected chi connectivity index (χ0v) is 19.6. The summed E-state index contributed by atoms with van der Waals surface area (Å²) in [6.45, 7) is 11.8. The SMILES string of the molecule is CCCCCc1ccc(C(=O)N(Cc2nc(C(=O)NCC(C)C)co2)CC(C)C)cc1. The summed E-state index contributed by atoms with van der Waals surface area (Å²) >= 11 is 0. The molecular weight excluding hydrogens is 390 g/mol. The van der Waals surface area contributed by atoms with E-state index in [-0.39, 0.29) is 24.1 Å². The van der Waals surface area contributed by atoms with Gasteiger partial charge in [-0.15, -0.1) is 0 Å². The van der Waals surface area contributed by atoms with Crippen molar-refractivity contribution in [2.45, 2.75) is 66.8 Å². The summed E-state index contributed by atoms with van der Waals surface area (Å²) in [5.74, 6) is 0.690. The maximum atomic E-state index is 13.2. The Balaban J connectivity index is 2.06. The number of aryl methyl sites for hydroxylation is 1. The molecule has 6 nitrogen and oxygen atoms in total. The van der Waals surface area contributed by atoms with Gasteiger partial charge in [0.1, 0.15) is 6.26 Å². The monoisotopic (exact) mass is 427 g/mol. The number of unbranched alkanes of at least 4 members (excludes halogenated alkanes) is 2. The van der Waals surface area contributed by atoms with Gasteiger partial charge < -0.3 is 14.6 Å². The first-order valence-corrected chi connectivity index (χ1v) is 11.4. The van der Waals surface area contributed by atoms with Gasteiger partial charge in [0, 0.05) is 18.7 Å². The summed E-state index contributed by atoms with van der Waals surface area (Å²) < 4.78 is 5.50. The predicted octanol–water partition coefficient (Wildman–Crippen LogP) is 5.09. The number of carbonyl (C=O) groups is 2. The highest BCUT2D eigenvalue weighted by atomic mass is 16.3. The van der Waals surface area contributed by atoms with Gasteiger partial charge in [0.25, 0.3) is 11.8 Å². The lowest BCUT2D eigenvalue weighted by Crippen LogP contribution is -2.34. The number of rotatable bonds is 12. The number of carbonyl (C=O) groups excluding carboxylic acids is 2. The van der Waals surface area contributed by atoms with Crippen LogP contribution in [0.25, 0.3) is 0 Å². The molecule has 2 rings (SSSR count). The topological polar surface area (TPSA) is 75.4 Å². The number of hydrogen-bond acceptors (Lipinski definition) is 4. The molecule has 6 heteroatoms. The largest absolute Gasteiger partial charge is 0.446 e. The van der Waals surface area contributed by atoms with Gasteiger partial charge in [-0.2, -0.15) is 0 Å². The molecule has 0 saturated heterocycles. The molecule has 31 heavy (non-hydrogen) atoms. The second-order valence-electron chi connectivity index (χ2n) is 8.96. The van der Waals surface area contributed by atoms with Crippen LogP contribution in [0, 0.1) is 11.8 Å². The molecule has 0 aliphatic rings. The molecule has 1 N–H and O–H groups in total. The summed E-state index contributed by atoms with van der Waals surface area (Å²) in [6, 6.07) is 7.88. The van der Waals surface area contributed by atoms with Crippen molar-refractivity contribution in [2.24, 2.45) is 11.8 Å². The number of aromatic nitrogens is 1. The van der Waals surface area contributed by atoms with E-state index in [0.29, 0.717) is 36.4 Å². The lowest BCUT2D eigenvalue weighted by Gasteiger charge is -2.23. The molecule has 0 spiro atoms. The van der Waals surface area contributed by atoms with Crippen LogP contribution in [0.4, 0.5) is 0 Å². The Bertz CT molecular complexity index is 825. The van der Waals surface area contributed by atoms with Gasteiger partial charge >= 0.3 is 0 Å². The molecule has 0 bridgehead atoms. The third-order valence-electron chi connectivity index (χ3n) is 4.92. The van der Waals surface area contributed by atoms with E-state index >= 15 is 0 Å². The maximum Gasteiger partial charge on any atom is 0.273 e. The van der Waals surface area contributed by atoms with Crippen LogP contribution < -0.4 is 5.32 Å². The molecule has 0 unspecified atom stereocenters. The molecular formula is C25H37N3O3. The zero-order chi connectivity index (χ0) is 22.8. The minimum absolute atomic E-state index is 0.0576. The first-order valence-electron chi connectivity index (χ1n) is 11.4. The molecule has 2 amide bonds. The Morgan fingerprint density at radius 3 is 2.39 bits per heavy atom. The molecule has 0 aliphatic heterocycles. The fraction of sp³-hybridized carbons (Fsp3) is 0.560. The predicted molar refractivity (Wildman–Crippen MR) is 123 cm³/mol. The van der Waals surface area contributed by atoms with E-state index in [4.69, 9.17) is 4.42 Å². The molecule has 0 atom stereocenters. The van der Waals surface area contributed by atoms with Crippen LogP contribution in [0.5, 0.6) is 0 Å². The second-order valence-corrected chi connectivity index (χ2v) is 8.96. The van der Waals surface area contributed by atoms with Crippen molar-refractivity contribution in [1.82, 2.24) is 15.2 Å². The van der Waals surface area contributed by atoms with Gasteiger partial charge in [0.05, 0.1) is 6.54 Å². The van der Waals surface area contributed by atoms with Crippen LogP contribution in [-0.2, 0) is 13.0 Å². The molecule has 1 aromatic heterocycles. The van der Waals surface area contributed by atoms with Crippen LogP contribution in [0.2, 0.25) is 0 Å². The Kier molecular flexibility index (Phi) is 9.76. The summed E-state index contributed by atoms with van der Waals surface area (Å²) in [6.07, 6.45) is 5.98. The number of nitrogens with zero attached hydrogens (tertiary/aromatic N) is 2. The van der Waals surface area contributed by atoms with Gasteiger partial charge in [0.2, 0.25) is 5.89 Å². The van der Waals surface area contributed by atoms with E-state index < -0.39 is 0 Å². The fourth-order valence-electron chi connectivity index (χ4n) is 3.27. The Labute approximate surface area is 186 Å². The number of hydrogen-bond donors (Lipinski definition) is 1. The molecule has 0 radical (unpaired) electrons. The van der Waals surface area contributed by atoms with Crippen molar-refractivity contribution < 1.29 is 14.0 Å². The average Bonchev–Trinajstić information content (AvgIpc) is 3.20. The van der Waals surface area contributed by atoms with Crippen LogP contribution in [-0.4, -0.2) is 34.8 Å². The number of amides is 2. The molecule has 1 heterocycles. The second kappa shape index (κ2) is 12.3. The number of nitrogens with one attached hydrogen (secondary N) is 1. The van der Waals surface area contributed by atoms with E-state index in [1.54, 1.807) is 4.90 Å². The molecule has 170 valence electrons. The van der Waals surface area contributed by atoms with Gasteiger partial charge in [-0.05, 0) is 42.4 Å². The lowest BCUT2D eigenvalue weighted by molar-refractivity contribution is 0.0706. The van der Waals surface area contributed by atoms with Gasteiger partial charge in [0.15, 0.2) is 5.69 Å². The smallest absolute Gasteiger partial charge is 0.273 e. The van der Waals surface area contributed by atoms with Crippen LogP contribution in [0.15, 0.2) is 34.9 Å². The summed E-state index contributed by atoms with van der Waals surface area (Å²) in [5.41, 5.74) is 2.15. The van der Waals surface area contributed by atoms with Crippen LogP contribution >= 0.6 is 0 Å². The van der Waals surface area contributed by atoms with Crippen molar-refractivity contribution >= 4 is 11.8 Å². The Morgan fingerprint density at radius 1 is 1.06 bits per heavy atom. The summed E-state index contributed by atoms with van der Waals surface area (Å²) in [4.78, 5) is 31.4. The first-order chi connectivity index (χ1) is 14.8. The molecule has 0 saturated carbocycles. The van der Waals surface area contributed by atoms with Crippen molar-refractivity contribution in [3.8, 4) is 0 Å². The summed E-state index contributed by atoms with van der Waals surface area (Å²) in [5, 5.41) is 2.83. The normalized spacial score (nSPS) is 11.2. The minimum Gasteiger partial charge on any atom is -0.446 e. The maximum absolute atomic E-state index is 13.2. The minimum atomic E-state index is -0.260. The van der Waals surface area contributed by atoms with Crippen LogP contribution in [0.3, 0.4) is 0 Å². The van der Waals surface area contributed by atoms with Crippen molar-refractivity contribution in [3.05, 3.63) is 53.2 Å². The van der Waals surface area contributed by atoms with Gasteiger partial charge in [-0.3, -0.25) is 9.59 Å². The Morgan fingerprint density at radius 2 is 1.77 bits per heavy atom. The van der Waals surface area contributed by atoms with E-state index in [2.05, 4.69) is 31.1 Å². The Hall–Kier alpha value is -2.63. The van der Waals surface area contributed by atoms with E-state index in [9.17, 15) is 9.59 Å². The van der Waals surface area contributed by atoms with Gasteiger partial charge in [-0.25, -0.2) is 4.98 Å². The zero-order valence-electron chi connectivity index (χ0n) is 19.6. The number of oxazole rings is 1. The average molecular weight is 428 g/mol. The third-order valence-corrected chi connectivity index (χ3v) is 4.92. The molecule has 2 aromatic rings. The fourth-order valence-corrected chi connectivity index (χ4v) is 3.27. The van der Waals surface area contributed by atoms with Gasteiger partial charge in [-0.1, -0.05) is 59.6 Å². The standard InChI is InChI=1S/C25H37N3O3/c1-6-7-8-9-20-10-12-21(13-11-20)25(30)28(15-19(4)5)16-23-27-22(17-31-23)24(29)26-14-18(2)3/h10-13,17-19H,6-9,14-16H2,1-5H3,(H,26,29). The highest BCUT2D eigenvalue weighted by molar-refractivity contribution is 5.94. The quantitative estimate of drug-likeness (QED) is 0.479. The highest BCUT2D eigenvalue weighted by Gasteiger charge is 2.21. The van der Waals surface area contributed by atoms with Crippen molar-refractivity contribution in [1.29, 1.82) is 0 Å². The number of benzene rings is 1. The van der Waals surface area contributed by atoms with Crippen molar-refractivity contribution in [2.75, 3.05) is 13.1 Å². The van der Waals surface area contributed by atoms with Crippen LogP contribution in [0.1, 0.15) is 86.2 Å². The molecule has 1 aromatic carbocycles. The van der Waals surface area contributed by atoms with E-state index in [1.165, 1.54) is 31.1 Å². The molecule has 0 fully saturated rings. The van der Waals surface area contributed by atoms with E-state index in [1.807, 2.05) is 38.1 Å². The first kappa shape index (κ1) is 24.6. The lowest BCUT2D eigenvalue weighted by atomic mass is 10.0. The highest BCUT2D eigenvalue weighted by Crippen LogP contribution is 2.15.